The quantitative estimate of drug-likeness (QED) is 0.836. The highest BCUT2D eigenvalue weighted by Crippen LogP contribution is 2.21. The molecule has 2 aromatic rings. The zero-order valence-electron chi connectivity index (χ0n) is 12.1. The minimum atomic E-state index is 0.287. The molecule has 0 spiro atoms. The SMILES string of the molecule is CC(C)c1nc(CN2CCC[C@H]2Cn2cccn2)no1. The van der Waals surface area contributed by atoms with Gasteiger partial charge in [0.15, 0.2) is 5.82 Å². The number of hydrogen-bond donors (Lipinski definition) is 0. The van der Waals surface area contributed by atoms with Crippen LogP contribution in [0.15, 0.2) is 23.0 Å². The first-order chi connectivity index (χ1) is 9.72. The standard InChI is InChI=1S/C14H21N5O/c1-11(2)14-16-13(17-20-14)10-18-7-3-5-12(18)9-19-8-4-6-15-19/h4,6,8,11-12H,3,5,7,9-10H2,1-2H3/t12-/m0/s1. The van der Waals surface area contributed by atoms with E-state index in [9.17, 15) is 0 Å². The summed E-state index contributed by atoms with van der Waals surface area (Å²) in [5.41, 5.74) is 0. The van der Waals surface area contributed by atoms with E-state index in [-0.39, 0.29) is 5.92 Å². The zero-order valence-corrected chi connectivity index (χ0v) is 12.1. The molecule has 3 heterocycles. The molecule has 1 saturated heterocycles. The highest BCUT2D eigenvalue weighted by atomic mass is 16.5. The first-order valence-corrected chi connectivity index (χ1v) is 7.26. The fourth-order valence-electron chi connectivity index (χ4n) is 2.68. The van der Waals surface area contributed by atoms with Crippen molar-refractivity contribution in [3.05, 3.63) is 30.2 Å². The van der Waals surface area contributed by atoms with E-state index in [4.69, 9.17) is 4.52 Å². The minimum absolute atomic E-state index is 0.287. The van der Waals surface area contributed by atoms with Crippen LogP contribution in [0.25, 0.3) is 0 Å². The largest absolute Gasteiger partial charge is 0.339 e. The van der Waals surface area contributed by atoms with Gasteiger partial charge in [-0.15, -0.1) is 0 Å². The molecule has 1 fully saturated rings. The van der Waals surface area contributed by atoms with Crippen molar-refractivity contribution in [1.29, 1.82) is 0 Å². The molecule has 0 aliphatic carbocycles. The Bertz CT molecular complexity index is 534. The molecule has 0 bridgehead atoms. The van der Waals surface area contributed by atoms with Crippen LogP contribution in [0.4, 0.5) is 0 Å². The van der Waals surface area contributed by atoms with Gasteiger partial charge in [-0.05, 0) is 25.5 Å². The second-order valence-electron chi connectivity index (χ2n) is 5.70. The molecule has 1 aliphatic heterocycles. The number of hydrogen-bond acceptors (Lipinski definition) is 5. The summed E-state index contributed by atoms with van der Waals surface area (Å²) in [5, 5.41) is 8.37. The molecule has 0 aromatic carbocycles. The van der Waals surface area contributed by atoms with Gasteiger partial charge in [0.25, 0.3) is 0 Å². The molecule has 0 amide bonds. The van der Waals surface area contributed by atoms with Gasteiger partial charge in [0, 0.05) is 24.4 Å². The van der Waals surface area contributed by atoms with Crippen molar-refractivity contribution in [1.82, 2.24) is 24.8 Å². The molecule has 6 heteroatoms. The number of rotatable bonds is 5. The summed E-state index contributed by atoms with van der Waals surface area (Å²) in [6.07, 6.45) is 6.27. The van der Waals surface area contributed by atoms with E-state index in [1.807, 2.05) is 23.1 Å². The molecule has 0 radical (unpaired) electrons. The van der Waals surface area contributed by atoms with Gasteiger partial charge in [0.05, 0.1) is 13.1 Å². The van der Waals surface area contributed by atoms with Gasteiger partial charge in [0.2, 0.25) is 5.89 Å². The summed E-state index contributed by atoms with van der Waals surface area (Å²) in [5.74, 6) is 1.80. The third kappa shape index (κ3) is 2.90. The van der Waals surface area contributed by atoms with Crippen molar-refractivity contribution < 1.29 is 4.52 Å². The van der Waals surface area contributed by atoms with Crippen LogP contribution < -0.4 is 0 Å². The maximum absolute atomic E-state index is 5.27. The molecule has 0 unspecified atom stereocenters. The van der Waals surface area contributed by atoms with Crippen LogP contribution in [-0.4, -0.2) is 37.4 Å². The van der Waals surface area contributed by atoms with E-state index >= 15 is 0 Å². The fourth-order valence-corrected chi connectivity index (χ4v) is 2.68. The summed E-state index contributed by atoms with van der Waals surface area (Å²) < 4.78 is 7.27. The van der Waals surface area contributed by atoms with Crippen molar-refractivity contribution in [3.8, 4) is 0 Å². The third-order valence-electron chi connectivity index (χ3n) is 3.78. The predicted molar refractivity (Wildman–Crippen MR) is 74.0 cm³/mol. The van der Waals surface area contributed by atoms with E-state index in [1.165, 1.54) is 12.8 Å². The van der Waals surface area contributed by atoms with Gasteiger partial charge in [-0.1, -0.05) is 19.0 Å². The molecule has 6 nitrogen and oxygen atoms in total. The Labute approximate surface area is 118 Å². The van der Waals surface area contributed by atoms with Gasteiger partial charge in [0.1, 0.15) is 0 Å². The molecule has 2 aromatic heterocycles. The van der Waals surface area contributed by atoms with Crippen molar-refractivity contribution >= 4 is 0 Å². The maximum Gasteiger partial charge on any atom is 0.229 e. The van der Waals surface area contributed by atoms with E-state index in [0.717, 1.165) is 31.3 Å². The van der Waals surface area contributed by atoms with Crippen molar-refractivity contribution in [2.24, 2.45) is 0 Å². The van der Waals surface area contributed by atoms with Gasteiger partial charge in [-0.3, -0.25) is 9.58 Å². The van der Waals surface area contributed by atoms with Crippen LogP contribution in [0.3, 0.4) is 0 Å². The van der Waals surface area contributed by atoms with E-state index < -0.39 is 0 Å². The molecule has 1 atom stereocenters. The summed E-state index contributed by atoms with van der Waals surface area (Å²) in [7, 11) is 0. The smallest absolute Gasteiger partial charge is 0.229 e. The molecule has 108 valence electrons. The fraction of sp³-hybridized carbons (Fsp3) is 0.643. The number of aromatic nitrogens is 4. The molecule has 0 N–H and O–H groups in total. The predicted octanol–water partition coefficient (Wildman–Crippen LogP) is 2.05. The first kappa shape index (κ1) is 13.3. The highest BCUT2D eigenvalue weighted by Gasteiger charge is 2.26. The van der Waals surface area contributed by atoms with Crippen LogP contribution >= 0.6 is 0 Å². The van der Waals surface area contributed by atoms with Crippen LogP contribution in [0.5, 0.6) is 0 Å². The van der Waals surface area contributed by atoms with Crippen molar-refractivity contribution in [3.63, 3.8) is 0 Å². The second kappa shape index (κ2) is 5.75. The lowest BCUT2D eigenvalue weighted by atomic mass is 10.2. The first-order valence-electron chi connectivity index (χ1n) is 7.26. The number of likely N-dealkylation sites (tertiary alicyclic amines) is 1. The number of nitrogens with zero attached hydrogens (tertiary/aromatic N) is 5. The summed E-state index contributed by atoms with van der Waals surface area (Å²) >= 11 is 0. The van der Waals surface area contributed by atoms with E-state index in [1.54, 1.807) is 0 Å². The molecule has 0 saturated carbocycles. The van der Waals surface area contributed by atoms with Crippen LogP contribution in [0, 0.1) is 0 Å². The maximum atomic E-state index is 5.27. The Morgan fingerprint density at radius 1 is 1.45 bits per heavy atom. The monoisotopic (exact) mass is 275 g/mol. The van der Waals surface area contributed by atoms with Crippen molar-refractivity contribution in [2.45, 2.75) is 51.7 Å². The minimum Gasteiger partial charge on any atom is -0.339 e. The molecule has 3 rings (SSSR count). The lowest BCUT2D eigenvalue weighted by Gasteiger charge is -2.22. The Morgan fingerprint density at radius 2 is 2.35 bits per heavy atom. The highest BCUT2D eigenvalue weighted by molar-refractivity contribution is 4.93. The van der Waals surface area contributed by atoms with Crippen molar-refractivity contribution in [2.75, 3.05) is 6.54 Å². The Morgan fingerprint density at radius 3 is 3.05 bits per heavy atom. The van der Waals surface area contributed by atoms with E-state index in [2.05, 4.69) is 34.0 Å². The molecular weight excluding hydrogens is 254 g/mol. The van der Waals surface area contributed by atoms with Gasteiger partial charge < -0.3 is 4.52 Å². The van der Waals surface area contributed by atoms with Crippen LogP contribution in [-0.2, 0) is 13.1 Å². The summed E-state index contributed by atoms with van der Waals surface area (Å²) in [6, 6.07) is 2.48. The van der Waals surface area contributed by atoms with Gasteiger partial charge >= 0.3 is 0 Å². The normalized spacial score (nSPS) is 20.1. The second-order valence-corrected chi connectivity index (χ2v) is 5.70. The lowest BCUT2D eigenvalue weighted by molar-refractivity contribution is 0.211. The van der Waals surface area contributed by atoms with Gasteiger partial charge in [-0.2, -0.15) is 10.1 Å². The van der Waals surface area contributed by atoms with Crippen LogP contribution in [0.1, 0.15) is 44.3 Å². The molecular formula is C14H21N5O. The Hall–Kier alpha value is -1.69. The van der Waals surface area contributed by atoms with E-state index in [0.29, 0.717) is 6.04 Å². The Kier molecular flexibility index (Phi) is 3.82. The third-order valence-corrected chi connectivity index (χ3v) is 3.78. The summed E-state index contributed by atoms with van der Waals surface area (Å²) in [4.78, 5) is 6.89. The zero-order chi connectivity index (χ0) is 13.9. The lowest BCUT2D eigenvalue weighted by Crippen LogP contribution is -2.33. The van der Waals surface area contributed by atoms with Crippen LogP contribution in [0.2, 0.25) is 0 Å². The molecule has 20 heavy (non-hydrogen) atoms. The van der Waals surface area contributed by atoms with Gasteiger partial charge in [-0.25, -0.2) is 0 Å². The average molecular weight is 275 g/mol. The average Bonchev–Trinajstić information content (AvgIpc) is 3.13. The Balaban J connectivity index is 1.63. The molecule has 1 aliphatic rings. The topological polar surface area (TPSA) is 60.0 Å². The summed E-state index contributed by atoms with van der Waals surface area (Å²) in [6.45, 7) is 6.92.